The highest BCUT2D eigenvalue weighted by molar-refractivity contribution is 4.83. The van der Waals surface area contributed by atoms with Crippen LogP contribution in [0.25, 0.3) is 0 Å². The first kappa shape index (κ1) is 9.44. The van der Waals surface area contributed by atoms with Gasteiger partial charge in [0, 0.05) is 12.8 Å². The molecule has 1 saturated heterocycles. The molecule has 0 radical (unpaired) electrons. The maximum atomic E-state index is 9.43. The highest BCUT2D eigenvalue weighted by Gasteiger charge is 2.40. The predicted molar refractivity (Wildman–Crippen MR) is 48.3 cm³/mol. The molecular weight excluding hydrogens is 168 g/mol. The van der Waals surface area contributed by atoms with E-state index in [0.29, 0.717) is 5.92 Å². The van der Waals surface area contributed by atoms with Crippen molar-refractivity contribution in [3.63, 3.8) is 0 Å². The van der Waals surface area contributed by atoms with Crippen LogP contribution in [0, 0.1) is 5.92 Å². The van der Waals surface area contributed by atoms with Crippen LogP contribution in [0.2, 0.25) is 0 Å². The highest BCUT2D eigenvalue weighted by atomic mass is 16.7. The largest absolute Gasteiger partial charge is 0.393 e. The van der Waals surface area contributed by atoms with E-state index in [0.717, 1.165) is 38.9 Å². The van der Waals surface area contributed by atoms with Gasteiger partial charge in [-0.15, -0.1) is 0 Å². The van der Waals surface area contributed by atoms with Gasteiger partial charge in [0.2, 0.25) is 0 Å². The van der Waals surface area contributed by atoms with Gasteiger partial charge in [-0.25, -0.2) is 0 Å². The SMILES string of the molecule is CC(O)C1CCC2(CC1)OCCO2. The van der Waals surface area contributed by atoms with E-state index in [1.165, 1.54) is 0 Å². The lowest BCUT2D eigenvalue weighted by molar-refractivity contribution is -0.186. The summed E-state index contributed by atoms with van der Waals surface area (Å²) in [5.74, 6) is 0.171. The quantitative estimate of drug-likeness (QED) is 0.671. The van der Waals surface area contributed by atoms with Crippen LogP contribution in [-0.4, -0.2) is 30.2 Å². The molecule has 1 aliphatic heterocycles. The van der Waals surface area contributed by atoms with Gasteiger partial charge < -0.3 is 14.6 Å². The van der Waals surface area contributed by atoms with E-state index < -0.39 is 0 Å². The van der Waals surface area contributed by atoms with Crippen molar-refractivity contribution in [3.05, 3.63) is 0 Å². The Kier molecular flexibility index (Phi) is 2.58. The summed E-state index contributed by atoms with van der Waals surface area (Å²) < 4.78 is 11.2. The molecule has 0 aromatic carbocycles. The molecule has 0 bridgehead atoms. The zero-order chi connectivity index (χ0) is 9.31. The second kappa shape index (κ2) is 3.56. The molecule has 13 heavy (non-hydrogen) atoms. The van der Waals surface area contributed by atoms with E-state index in [1.54, 1.807) is 0 Å². The van der Waals surface area contributed by atoms with Gasteiger partial charge in [0.05, 0.1) is 19.3 Å². The summed E-state index contributed by atoms with van der Waals surface area (Å²) in [5.41, 5.74) is 0. The van der Waals surface area contributed by atoms with Crippen LogP contribution >= 0.6 is 0 Å². The van der Waals surface area contributed by atoms with Crippen LogP contribution in [0.15, 0.2) is 0 Å². The van der Waals surface area contributed by atoms with Crippen molar-refractivity contribution < 1.29 is 14.6 Å². The Morgan fingerprint density at radius 2 is 1.77 bits per heavy atom. The van der Waals surface area contributed by atoms with Crippen LogP contribution in [0.1, 0.15) is 32.6 Å². The number of hydrogen-bond acceptors (Lipinski definition) is 3. The number of aliphatic hydroxyl groups is 1. The first-order valence-electron chi connectivity index (χ1n) is 5.18. The Balaban J connectivity index is 1.88. The van der Waals surface area contributed by atoms with E-state index in [2.05, 4.69) is 0 Å². The third-order valence-corrected chi connectivity index (χ3v) is 3.29. The van der Waals surface area contributed by atoms with Gasteiger partial charge in [-0.3, -0.25) is 0 Å². The monoisotopic (exact) mass is 186 g/mol. The molecule has 1 spiro atoms. The Bertz CT molecular complexity index is 163. The Morgan fingerprint density at radius 3 is 2.23 bits per heavy atom. The second-order valence-electron chi connectivity index (χ2n) is 4.19. The lowest BCUT2D eigenvalue weighted by Crippen LogP contribution is -2.37. The molecule has 76 valence electrons. The zero-order valence-corrected chi connectivity index (χ0v) is 8.16. The smallest absolute Gasteiger partial charge is 0.168 e. The zero-order valence-electron chi connectivity index (χ0n) is 8.16. The average molecular weight is 186 g/mol. The minimum Gasteiger partial charge on any atom is -0.393 e. The van der Waals surface area contributed by atoms with Crippen LogP contribution in [-0.2, 0) is 9.47 Å². The molecule has 2 fully saturated rings. The standard InChI is InChI=1S/C10H18O3/c1-8(11)9-2-4-10(5-3-9)12-6-7-13-10/h8-9,11H,2-7H2,1H3. The maximum Gasteiger partial charge on any atom is 0.168 e. The number of ether oxygens (including phenoxy) is 2. The molecule has 1 N–H and O–H groups in total. The number of aliphatic hydroxyl groups excluding tert-OH is 1. The van der Waals surface area contributed by atoms with E-state index in [9.17, 15) is 5.11 Å². The molecular formula is C10H18O3. The summed E-state index contributed by atoms with van der Waals surface area (Å²) in [5, 5.41) is 9.43. The molecule has 0 aromatic heterocycles. The van der Waals surface area contributed by atoms with E-state index >= 15 is 0 Å². The molecule has 0 aromatic rings. The summed E-state index contributed by atoms with van der Waals surface area (Å²) in [4.78, 5) is 0. The first-order chi connectivity index (χ1) is 6.22. The van der Waals surface area contributed by atoms with Crippen LogP contribution < -0.4 is 0 Å². The van der Waals surface area contributed by atoms with Gasteiger partial charge in [0.1, 0.15) is 0 Å². The van der Waals surface area contributed by atoms with Gasteiger partial charge >= 0.3 is 0 Å². The van der Waals surface area contributed by atoms with Crippen molar-refractivity contribution in [1.29, 1.82) is 0 Å². The van der Waals surface area contributed by atoms with Crippen molar-refractivity contribution in [1.82, 2.24) is 0 Å². The lowest BCUT2D eigenvalue weighted by Gasteiger charge is -2.36. The first-order valence-corrected chi connectivity index (χ1v) is 5.18. The summed E-state index contributed by atoms with van der Waals surface area (Å²) in [6.45, 7) is 3.34. The third kappa shape index (κ3) is 1.87. The molecule has 2 aliphatic rings. The number of rotatable bonds is 1. The summed E-state index contributed by atoms with van der Waals surface area (Å²) in [7, 11) is 0. The van der Waals surface area contributed by atoms with Crippen LogP contribution in [0.5, 0.6) is 0 Å². The minimum atomic E-state index is -0.272. The lowest BCUT2D eigenvalue weighted by atomic mass is 9.82. The van der Waals surface area contributed by atoms with Crippen molar-refractivity contribution >= 4 is 0 Å². The van der Waals surface area contributed by atoms with Gasteiger partial charge in [-0.1, -0.05) is 0 Å². The molecule has 1 saturated carbocycles. The average Bonchev–Trinajstić information content (AvgIpc) is 2.54. The van der Waals surface area contributed by atoms with Gasteiger partial charge in [0.15, 0.2) is 5.79 Å². The van der Waals surface area contributed by atoms with Crippen molar-refractivity contribution in [2.24, 2.45) is 5.92 Å². The fourth-order valence-corrected chi connectivity index (χ4v) is 2.35. The maximum absolute atomic E-state index is 9.43. The van der Waals surface area contributed by atoms with Crippen molar-refractivity contribution in [2.45, 2.75) is 44.5 Å². The fraction of sp³-hybridized carbons (Fsp3) is 1.00. The van der Waals surface area contributed by atoms with E-state index in [-0.39, 0.29) is 11.9 Å². The normalized spacial score (nSPS) is 30.9. The van der Waals surface area contributed by atoms with E-state index in [4.69, 9.17) is 9.47 Å². The molecule has 1 atom stereocenters. The third-order valence-electron chi connectivity index (χ3n) is 3.29. The molecule has 1 unspecified atom stereocenters. The Labute approximate surface area is 79.0 Å². The number of hydrogen-bond donors (Lipinski definition) is 1. The second-order valence-corrected chi connectivity index (χ2v) is 4.19. The summed E-state index contributed by atoms with van der Waals surface area (Å²) >= 11 is 0. The highest BCUT2D eigenvalue weighted by Crippen LogP contribution is 2.39. The van der Waals surface area contributed by atoms with Crippen LogP contribution in [0.3, 0.4) is 0 Å². The molecule has 1 aliphatic carbocycles. The summed E-state index contributed by atoms with van der Waals surface area (Å²) in [6.07, 6.45) is 3.76. The van der Waals surface area contributed by atoms with Gasteiger partial charge in [0.25, 0.3) is 0 Å². The summed E-state index contributed by atoms with van der Waals surface area (Å²) in [6, 6.07) is 0. The fourth-order valence-electron chi connectivity index (χ4n) is 2.35. The Morgan fingerprint density at radius 1 is 1.23 bits per heavy atom. The molecule has 1 heterocycles. The predicted octanol–water partition coefficient (Wildman–Crippen LogP) is 1.30. The molecule has 3 heteroatoms. The topological polar surface area (TPSA) is 38.7 Å². The van der Waals surface area contributed by atoms with Crippen molar-refractivity contribution in [3.8, 4) is 0 Å². The Hall–Kier alpha value is -0.120. The van der Waals surface area contributed by atoms with E-state index in [1.807, 2.05) is 6.92 Å². The van der Waals surface area contributed by atoms with Crippen molar-refractivity contribution in [2.75, 3.05) is 13.2 Å². The molecule has 3 nitrogen and oxygen atoms in total. The van der Waals surface area contributed by atoms with Crippen LogP contribution in [0.4, 0.5) is 0 Å². The van der Waals surface area contributed by atoms with Gasteiger partial charge in [-0.05, 0) is 25.7 Å². The minimum absolute atomic E-state index is 0.182. The van der Waals surface area contributed by atoms with Gasteiger partial charge in [-0.2, -0.15) is 0 Å². The molecule has 2 rings (SSSR count). The molecule has 0 amide bonds.